The summed E-state index contributed by atoms with van der Waals surface area (Å²) < 4.78 is 64.6. The molecule has 0 fully saturated rings. The van der Waals surface area contributed by atoms with Gasteiger partial charge in [0, 0.05) is 11.8 Å². The van der Waals surface area contributed by atoms with Crippen molar-refractivity contribution in [3.8, 4) is 0 Å². The quantitative estimate of drug-likeness (QED) is 0.235. The lowest BCUT2D eigenvalue weighted by molar-refractivity contribution is -0.137. The van der Waals surface area contributed by atoms with Crippen LogP contribution in [-0.4, -0.2) is 60.9 Å². The molecule has 11 nitrogen and oxygen atoms in total. The van der Waals surface area contributed by atoms with Gasteiger partial charge in [0.05, 0.1) is 18.0 Å². The predicted octanol–water partition coefficient (Wildman–Crippen LogP) is 1.01. The van der Waals surface area contributed by atoms with Crippen LogP contribution in [0.1, 0.15) is 11.1 Å². The van der Waals surface area contributed by atoms with E-state index in [2.05, 4.69) is 5.32 Å². The monoisotopic (exact) mass is 494 g/mol. The molecule has 2 aromatic carbocycles. The number of benzene rings is 2. The minimum Gasteiger partial charge on any atom is -0.395 e. The molecular formula is C20H18N2O9S2. The number of carbonyl (C=O) groups is 2. The smallest absolute Gasteiger partial charge is 0.295 e. The summed E-state index contributed by atoms with van der Waals surface area (Å²) >= 11 is 0. The van der Waals surface area contributed by atoms with Gasteiger partial charge in [0.15, 0.2) is 0 Å². The van der Waals surface area contributed by atoms with E-state index in [-0.39, 0.29) is 28.4 Å². The number of imide groups is 1. The highest BCUT2D eigenvalue weighted by Gasteiger charge is 2.30. The van der Waals surface area contributed by atoms with Gasteiger partial charge in [-0.15, -0.1) is 0 Å². The average molecular weight is 495 g/mol. The first-order chi connectivity index (χ1) is 15.4. The second-order valence-electron chi connectivity index (χ2n) is 6.81. The molecule has 0 unspecified atom stereocenters. The van der Waals surface area contributed by atoms with E-state index < -0.39 is 43.6 Å². The molecule has 0 spiro atoms. The fourth-order valence-corrected chi connectivity index (χ4v) is 4.17. The predicted molar refractivity (Wildman–Crippen MR) is 117 cm³/mol. The van der Waals surface area contributed by atoms with Crippen LogP contribution in [-0.2, 0) is 29.8 Å². The van der Waals surface area contributed by atoms with Crippen LogP contribution in [0, 0.1) is 0 Å². The van der Waals surface area contributed by atoms with Gasteiger partial charge in [0.2, 0.25) is 0 Å². The SMILES string of the molecule is O=C1C=C(Nc2ccc(C=Cc3ccc(S(=O)(=O)O)cc3)c(S(=O)(=O)O)c2)C(=O)N1CCO. The van der Waals surface area contributed by atoms with Crippen molar-refractivity contribution in [1.82, 2.24) is 4.90 Å². The fourth-order valence-electron chi connectivity index (χ4n) is 2.98. The number of aliphatic hydroxyl groups excluding tert-OH is 1. The molecule has 13 heteroatoms. The third-order valence-corrected chi connectivity index (χ3v) is 6.31. The minimum absolute atomic E-state index is 0.0895. The lowest BCUT2D eigenvalue weighted by Gasteiger charge is -2.14. The van der Waals surface area contributed by atoms with Gasteiger partial charge in [-0.3, -0.25) is 23.6 Å². The van der Waals surface area contributed by atoms with E-state index >= 15 is 0 Å². The zero-order valence-corrected chi connectivity index (χ0v) is 18.4. The first-order valence-electron chi connectivity index (χ1n) is 9.23. The van der Waals surface area contributed by atoms with Gasteiger partial charge in [-0.1, -0.05) is 30.4 Å². The number of amides is 2. The highest BCUT2D eigenvalue weighted by Crippen LogP contribution is 2.25. The second kappa shape index (κ2) is 9.25. The summed E-state index contributed by atoms with van der Waals surface area (Å²) in [6.07, 6.45) is 3.83. The van der Waals surface area contributed by atoms with Gasteiger partial charge in [-0.05, 0) is 35.4 Å². The lowest BCUT2D eigenvalue weighted by Crippen LogP contribution is -2.34. The zero-order chi connectivity index (χ0) is 24.4. The standard InChI is InChI=1S/C20H18N2O9S2/c23-10-9-22-19(24)12-17(20(22)25)21-15-6-5-14(18(11-15)33(29,30)31)4-1-13-2-7-16(8-3-13)32(26,27)28/h1-8,11-12,21,23H,9-10H2,(H,26,27,28)(H,29,30,31). The Morgan fingerprint density at radius 3 is 2.15 bits per heavy atom. The summed E-state index contributed by atoms with van der Waals surface area (Å²) in [5.41, 5.74) is 0.550. The van der Waals surface area contributed by atoms with Crippen LogP contribution < -0.4 is 5.32 Å². The van der Waals surface area contributed by atoms with Crippen molar-refractivity contribution in [2.45, 2.75) is 9.79 Å². The number of hydrogen-bond donors (Lipinski definition) is 4. The molecule has 174 valence electrons. The lowest BCUT2D eigenvalue weighted by atomic mass is 10.1. The highest BCUT2D eigenvalue weighted by atomic mass is 32.2. The Bertz CT molecular complexity index is 1380. The maximum absolute atomic E-state index is 12.2. The number of rotatable bonds is 8. The Morgan fingerprint density at radius 2 is 1.58 bits per heavy atom. The van der Waals surface area contributed by atoms with Crippen molar-refractivity contribution in [2.24, 2.45) is 0 Å². The van der Waals surface area contributed by atoms with Crippen molar-refractivity contribution < 1.29 is 40.6 Å². The average Bonchev–Trinajstić information content (AvgIpc) is 2.99. The Morgan fingerprint density at radius 1 is 0.909 bits per heavy atom. The first-order valence-corrected chi connectivity index (χ1v) is 12.1. The van der Waals surface area contributed by atoms with E-state index in [1.165, 1.54) is 48.6 Å². The van der Waals surface area contributed by atoms with E-state index in [1.54, 1.807) is 0 Å². The van der Waals surface area contributed by atoms with Crippen molar-refractivity contribution >= 4 is 49.9 Å². The molecule has 4 N–H and O–H groups in total. The largest absolute Gasteiger partial charge is 0.395 e. The summed E-state index contributed by atoms with van der Waals surface area (Å²) in [6.45, 7) is -0.602. The number of nitrogens with zero attached hydrogens (tertiary/aromatic N) is 1. The summed E-state index contributed by atoms with van der Waals surface area (Å²) in [6, 6.07) is 8.94. The van der Waals surface area contributed by atoms with Gasteiger partial charge in [0.25, 0.3) is 32.1 Å². The summed E-state index contributed by atoms with van der Waals surface area (Å²) in [5.74, 6) is -1.33. The van der Waals surface area contributed by atoms with Gasteiger partial charge in [-0.25, -0.2) is 0 Å². The minimum atomic E-state index is -4.68. The Kier molecular flexibility index (Phi) is 6.81. The third kappa shape index (κ3) is 5.71. The number of nitrogens with one attached hydrogen (secondary N) is 1. The van der Waals surface area contributed by atoms with Crippen LogP contribution in [0.2, 0.25) is 0 Å². The molecule has 3 rings (SSSR count). The normalized spacial score (nSPS) is 14.8. The van der Waals surface area contributed by atoms with Crippen molar-refractivity contribution in [1.29, 1.82) is 0 Å². The van der Waals surface area contributed by atoms with Crippen molar-refractivity contribution in [3.05, 3.63) is 65.4 Å². The van der Waals surface area contributed by atoms with E-state index in [9.17, 15) is 31.0 Å². The molecule has 1 aliphatic heterocycles. The van der Waals surface area contributed by atoms with E-state index in [0.29, 0.717) is 5.56 Å². The second-order valence-corrected chi connectivity index (χ2v) is 9.62. The van der Waals surface area contributed by atoms with Crippen LogP contribution >= 0.6 is 0 Å². The maximum atomic E-state index is 12.2. The Hall–Kier alpha value is -3.36. The number of β-amino-alcohol motifs (C(OH)–C–C–N with tert-alkyl or cyclic N) is 1. The summed E-state index contributed by atoms with van der Waals surface area (Å²) in [7, 11) is -9.03. The molecule has 0 saturated carbocycles. The molecule has 2 aromatic rings. The summed E-state index contributed by atoms with van der Waals surface area (Å²) in [4.78, 5) is 24.1. The Labute approximate surface area is 189 Å². The van der Waals surface area contributed by atoms with E-state index in [1.807, 2.05) is 0 Å². The van der Waals surface area contributed by atoms with Gasteiger partial charge >= 0.3 is 0 Å². The van der Waals surface area contributed by atoms with Gasteiger partial charge in [0.1, 0.15) is 10.6 Å². The van der Waals surface area contributed by atoms with Crippen molar-refractivity contribution in [3.63, 3.8) is 0 Å². The highest BCUT2D eigenvalue weighted by molar-refractivity contribution is 7.86. The maximum Gasteiger partial charge on any atom is 0.295 e. The van der Waals surface area contributed by atoms with Gasteiger partial charge < -0.3 is 10.4 Å². The number of aliphatic hydroxyl groups is 1. The fraction of sp³-hybridized carbons (Fsp3) is 0.100. The van der Waals surface area contributed by atoms with E-state index in [4.69, 9.17) is 9.66 Å². The van der Waals surface area contributed by atoms with Gasteiger partial charge in [-0.2, -0.15) is 16.8 Å². The van der Waals surface area contributed by atoms with Crippen LogP contribution in [0.5, 0.6) is 0 Å². The van der Waals surface area contributed by atoms with Crippen LogP contribution in [0.25, 0.3) is 12.2 Å². The molecule has 33 heavy (non-hydrogen) atoms. The molecule has 0 aromatic heterocycles. The Balaban J connectivity index is 1.88. The number of anilines is 1. The molecule has 0 bridgehead atoms. The first kappa shape index (κ1) is 24.3. The molecule has 0 radical (unpaired) electrons. The molecule has 1 aliphatic rings. The zero-order valence-electron chi connectivity index (χ0n) is 16.7. The van der Waals surface area contributed by atoms with Crippen molar-refractivity contribution in [2.75, 3.05) is 18.5 Å². The molecule has 0 atom stereocenters. The molecule has 0 saturated heterocycles. The van der Waals surface area contributed by atoms with Crippen LogP contribution in [0.3, 0.4) is 0 Å². The number of carbonyl (C=O) groups excluding carboxylic acids is 2. The van der Waals surface area contributed by atoms with Crippen LogP contribution in [0.4, 0.5) is 5.69 Å². The number of hydrogen-bond acceptors (Lipinski definition) is 8. The molecular weight excluding hydrogens is 476 g/mol. The third-order valence-electron chi connectivity index (χ3n) is 4.54. The van der Waals surface area contributed by atoms with Crippen LogP contribution in [0.15, 0.2) is 64.0 Å². The molecule has 1 heterocycles. The topological polar surface area (TPSA) is 178 Å². The summed E-state index contributed by atoms with van der Waals surface area (Å²) in [5, 5.41) is 11.6. The van der Waals surface area contributed by atoms with E-state index in [0.717, 1.165) is 17.0 Å². The molecule has 0 aliphatic carbocycles. The molecule has 2 amide bonds.